The normalized spacial score (nSPS) is 11.0. The van der Waals surface area contributed by atoms with Crippen LogP contribution >= 0.6 is 11.6 Å². The molecular weight excluding hydrogens is 356 g/mol. The monoisotopic (exact) mass is 362 g/mol. The second kappa shape index (κ2) is 7.16. The Morgan fingerprint density at radius 2 is 1.35 bits per heavy atom. The molecule has 2 rings (SSSR count). The molecule has 0 saturated carbocycles. The molecule has 0 aliphatic carbocycles. The predicted octanol–water partition coefficient (Wildman–Crippen LogP) is 6.05. The molecule has 0 bridgehead atoms. The highest BCUT2D eigenvalue weighted by molar-refractivity contribution is 6.30. The second-order valence-corrected chi connectivity index (χ2v) is 4.65. The summed E-state index contributed by atoms with van der Waals surface area (Å²) in [7, 11) is 0. The van der Waals surface area contributed by atoms with Gasteiger partial charge in [0, 0.05) is 0 Å². The summed E-state index contributed by atoms with van der Waals surface area (Å²) in [6.45, 7) is 1.37. The maximum absolute atomic E-state index is 12.4. The third-order valence-electron chi connectivity index (χ3n) is 2.54. The van der Waals surface area contributed by atoms with Gasteiger partial charge in [-0.1, -0.05) is 17.7 Å². The highest BCUT2D eigenvalue weighted by atomic mass is 35.5. The third kappa shape index (κ3) is 4.82. The van der Waals surface area contributed by atoms with E-state index < -0.39 is 45.8 Å². The van der Waals surface area contributed by atoms with Crippen molar-refractivity contribution in [2.75, 3.05) is 0 Å². The number of hydrogen-bond acceptors (Lipinski definition) is 0. The van der Waals surface area contributed by atoms with Crippen LogP contribution in [0.1, 0.15) is 11.1 Å². The van der Waals surface area contributed by atoms with Crippen molar-refractivity contribution in [3.8, 4) is 0 Å². The minimum Gasteiger partial charge on any atom is -0.204 e. The van der Waals surface area contributed by atoms with Crippen LogP contribution in [0.5, 0.6) is 0 Å². The molecule has 0 atom stereocenters. The van der Waals surface area contributed by atoms with Gasteiger partial charge in [0.1, 0.15) is 0 Å². The molecule has 0 radical (unpaired) electrons. The average molecular weight is 363 g/mol. The summed E-state index contributed by atoms with van der Waals surface area (Å²) in [5.74, 6) is -6.75. The van der Waals surface area contributed by atoms with Crippen LogP contribution in [0.3, 0.4) is 0 Å². The van der Waals surface area contributed by atoms with Gasteiger partial charge in [0.2, 0.25) is 0 Å². The zero-order chi connectivity index (χ0) is 17.9. The van der Waals surface area contributed by atoms with Crippen molar-refractivity contribution >= 4 is 11.6 Å². The van der Waals surface area contributed by atoms with E-state index in [2.05, 4.69) is 0 Å². The smallest absolute Gasteiger partial charge is 0.204 e. The Morgan fingerprint density at radius 1 is 0.783 bits per heavy atom. The molecule has 126 valence electrons. The van der Waals surface area contributed by atoms with Crippen LogP contribution in [0.25, 0.3) is 0 Å². The Morgan fingerprint density at radius 3 is 1.78 bits per heavy atom. The molecule has 0 aliphatic heterocycles. The molecule has 0 saturated heterocycles. The third-order valence-corrected chi connectivity index (χ3v) is 2.81. The van der Waals surface area contributed by atoms with Gasteiger partial charge >= 0.3 is 6.18 Å². The summed E-state index contributed by atoms with van der Waals surface area (Å²) in [5, 5.41) is -0.882. The van der Waals surface area contributed by atoms with Crippen LogP contribution in [0.2, 0.25) is 5.02 Å². The van der Waals surface area contributed by atoms with Gasteiger partial charge in [0.05, 0.1) is 10.6 Å². The molecule has 2 aromatic rings. The maximum atomic E-state index is 12.4. The number of benzene rings is 2. The highest BCUT2D eigenvalue weighted by Crippen LogP contribution is 2.32. The van der Waals surface area contributed by atoms with Gasteiger partial charge in [-0.05, 0) is 30.7 Å². The fourth-order valence-electron chi connectivity index (χ4n) is 1.34. The van der Waals surface area contributed by atoms with Crippen LogP contribution in [0, 0.1) is 36.0 Å². The molecule has 0 N–H and O–H groups in total. The SMILES string of the molecule is Cc1ccc(F)c(F)c1F.Fc1cc(C(F)(F)F)cc(Cl)c1F. The van der Waals surface area contributed by atoms with Crippen LogP contribution in [-0.2, 0) is 6.18 Å². The lowest BCUT2D eigenvalue weighted by molar-refractivity contribution is -0.137. The van der Waals surface area contributed by atoms with E-state index in [-0.39, 0.29) is 11.6 Å². The zero-order valence-electron chi connectivity index (χ0n) is 11.2. The van der Waals surface area contributed by atoms with Gasteiger partial charge in [-0.25, -0.2) is 22.0 Å². The van der Waals surface area contributed by atoms with Crippen LogP contribution in [0.4, 0.5) is 35.1 Å². The molecule has 2 aromatic carbocycles. The molecule has 23 heavy (non-hydrogen) atoms. The van der Waals surface area contributed by atoms with Gasteiger partial charge in [-0.15, -0.1) is 0 Å². The van der Waals surface area contributed by atoms with E-state index in [1.54, 1.807) is 0 Å². The lowest BCUT2D eigenvalue weighted by Crippen LogP contribution is -2.06. The van der Waals surface area contributed by atoms with E-state index in [9.17, 15) is 35.1 Å². The molecule has 0 nitrogen and oxygen atoms in total. The number of alkyl halides is 3. The Labute approximate surface area is 130 Å². The van der Waals surface area contributed by atoms with E-state index in [0.29, 0.717) is 6.07 Å². The zero-order valence-corrected chi connectivity index (χ0v) is 12.0. The summed E-state index contributed by atoms with van der Waals surface area (Å²) in [4.78, 5) is 0. The molecule has 0 spiro atoms. The Kier molecular flexibility index (Phi) is 5.98. The fourth-order valence-corrected chi connectivity index (χ4v) is 1.55. The topological polar surface area (TPSA) is 0 Å². The predicted molar refractivity (Wildman–Crippen MR) is 67.4 cm³/mol. The molecule has 9 heteroatoms. The highest BCUT2D eigenvalue weighted by Gasteiger charge is 2.32. The summed E-state index contributed by atoms with van der Waals surface area (Å²) >= 11 is 5.01. The molecule has 0 heterocycles. The van der Waals surface area contributed by atoms with Gasteiger partial charge < -0.3 is 0 Å². The molecule has 0 amide bonds. The molecular formula is C14H7ClF8. The number of rotatable bonds is 0. The van der Waals surface area contributed by atoms with Crippen LogP contribution in [0.15, 0.2) is 24.3 Å². The van der Waals surface area contributed by atoms with Crippen LogP contribution < -0.4 is 0 Å². The first-order valence-electron chi connectivity index (χ1n) is 5.77. The second-order valence-electron chi connectivity index (χ2n) is 4.24. The summed E-state index contributed by atoms with van der Waals surface area (Å²) in [5.41, 5.74) is -1.20. The first-order valence-corrected chi connectivity index (χ1v) is 6.14. The summed E-state index contributed by atoms with van der Waals surface area (Å²) < 4.78 is 97.4. The standard InChI is InChI=1S/C7H2ClF5.C7H5F3/c8-4-1-3(7(11,12)13)2-5(9)6(4)10;1-4-2-3-5(8)7(10)6(4)9/h1-2H;2-3H,1H3. The van der Waals surface area contributed by atoms with Crippen molar-refractivity contribution in [2.24, 2.45) is 0 Å². The Hall–Kier alpha value is -1.83. The lowest BCUT2D eigenvalue weighted by atomic mass is 10.2. The first-order chi connectivity index (χ1) is 10.4. The van der Waals surface area contributed by atoms with Crippen molar-refractivity contribution in [3.63, 3.8) is 0 Å². The van der Waals surface area contributed by atoms with Crippen molar-refractivity contribution < 1.29 is 35.1 Å². The Balaban J connectivity index is 0.000000238. The van der Waals surface area contributed by atoms with Crippen LogP contribution in [-0.4, -0.2) is 0 Å². The van der Waals surface area contributed by atoms with Gasteiger partial charge in [-0.2, -0.15) is 13.2 Å². The fraction of sp³-hybridized carbons (Fsp3) is 0.143. The summed E-state index contributed by atoms with van der Waals surface area (Å²) in [6.07, 6.45) is -4.72. The van der Waals surface area contributed by atoms with Gasteiger partial charge in [-0.3, -0.25) is 0 Å². The minimum atomic E-state index is -4.72. The Bertz CT molecular complexity index is 659. The van der Waals surface area contributed by atoms with Crippen molar-refractivity contribution in [1.82, 2.24) is 0 Å². The quantitative estimate of drug-likeness (QED) is 0.395. The first kappa shape index (κ1) is 19.2. The van der Waals surface area contributed by atoms with Crippen molar-refractivity contribution in [3.05, 3.63) is 69.5 Å². The molecule has 0 aromatic heterocycles. The molecule has 0 aliphatic rings. The van der Waals surface area contributed by atoms with Crippen molar-refractivity contribution in [1.29, 1.82) is 0 Å². The van der Waals surface area contributed by atoms with E-state index in [0.717, 1.165) is 6.07 Å². The van der Waals surface area contributed by atoms with E-state index in [1.807, 2.05) is 0 Å². The van der Waals surface area contributed by atoms with E-state index in [4.69, 9.17) is 11.6 Å². The summed E-state index contributed by atoms with van der Waals surface area (Å²) in [6, 6.07) is 2.47. The van der Waals surface area contributed by atoms with E-state index in [1.165, 1.54) is 13.0 Å². The maximum Gasteiger partial charge on any atom is 0.416 e. The largest absolute Gasteiger partial charge is 0.416 e. The molecule has 0 fully saturated rings. The average Bonchev–Trinajstić information content (AvgIpc) is 2.46. The number of hydrogen-bond donors (Lipinski definition) is 0. The van der Waals surface area contributed by atoms with Gasteiger partial charge in [0.25, 0.3) is 0 Å². The van der Waals surface area contributed by atoms with Gasteiger partial charge in [0.15, 0.2) is 29.1 Å². The number of halogens is 9. The minimum absolute atomic E-state index is 0.0568. The van der Waals surface area contributed by atoms with Crippen molar-refractivity contribution in [2.45, 2.75) is 13.1 Å². The van der Waals surface area contributed by atoms with E-state index >= 15 is 0 Å². The number of aryl methyl sites for hydroxylation is 1. The molecule has 0 unspecified atom stereocenters. The lowest BCUT2D eigenvalue weighted by Gasteiger charge is -2.07.